The van der Waals surface area contributed by atoms with Crippen molar-refractivity contribution in [3.05, 3.63) is 58.1 Å². The first-order chi connectivity index (χ1) is 13.5. The number of rotatable bonds is 8. The molecule has 1 aliphatic heterocycles. The molecule has 0 saturated carbocycles. The summed E-state index contributed by atoms with van der Waals surface area (Å²) in [5.74, 6) is 2.68. The van der Waals surface area contributed by atoms with Gasteiger partial charge in [0.15, 0.2) is 0 Å². The number of methoxy groups -OCH3 is 1. The average molecular weight is 446 g/mol. The van der Waals surface area contributed by atoms with Crippen LogP contribution in [0, 0.1) is 5.92 Å². The van der Waals surface area contributed by atoms with E-state index in [9.17, 15) is 0 Å². The van der Waals surface area contributed by atoms with E-state index in [1.807, 2.05) is 12.1 Å². The molecule has 28 heavy (non-hydrogen) atoms. The standard InChI is InChI=1S/C24H32BrNO2/c1-18(2)28-23-6-4-5-19(16-23)9-12-26-13-10-20(11-14-26)15-21-17-22(27-3)7-8-24(21)25/h4-8,16-18,20H,9-15H2,1-3H3. The van der Waals surface area contributed by atoms with Gasteiger partial charge in [0.25, 0.3) is 0 Å². The molecule has 1 saturated heterocycles. The number of halogens is 1. The topological polar surface area (TPSA) is 21.7 Å². The highest BCUT2D eigenvalue weighted by molar-refractivity contribution is 9.10. The maximum Gasteiger partial charge on any atom is 0.119 e. The van der Waals surface area contributed by atoms with Crippen LogP contribution in [0.1, 0.15) is 37.8 Å². The summed E-state index contributed by atoms with van der Waals surface area (Å²) in [6, 6.07) is 14.8. The number of hydrogen-bond acceptors (Lipinski definition) is 3. The number of benzene rings is 2. The molecule has 152 valence electrons. The molecule has 0 aromatic heterocycles. The molecule has 2 aromatic carbocycles. The van der Waals surface area contributed by atoms with Crippen LogP contribution >= 0.6 is 15.9 Å². The van der Waals surface area contributed by atoms with Gasteiger partial charge in [-0.1, -0.05) is 28.1 Å². The lowest BCUT2D eigenvalue weighted by Gasteiger charge is -2.32. The van der Waals surface area contributed by atoms with Crippen molar-refractivity contribution in [2.75, 3.05) is 26.7 Å². The van der Waals surface area contributed by atoms with E-state index < -0.39 is 0 Å². The summed E-state index contributed by atoms with van der Waals surface area (Å²) in [6.45, 7) is 7.64. The molecule has 0 aliphatic carbocycles. The summed E-state index contributed by atoms with van der Waals surface area (Å²) in [5.41, 5.74) is 2.72. The summed E-state index contributed by atoms with van der Waals surface area (Å²) in [5, 5.41) is 0. The summed E-state index contributed by atoms with van der Waals surface area (Å²) in [6.07, 6.45) is 4.96. The second kappa shape index (κ2) is 10.3. The van der Waals surface area contributed by atoms with Crippen LogP contribution in [-0.2, 0) is 12.8 Å². The van der Waals surface area contributed by atoms with Gasteiger partial charge >= 0.3 is 0 Å². The van der Waals surface area contributed by atoms with E-state index >= 15 is 0 Å². The van der Waals surface area contributed by atoms with Crippen LogP contribution in [0.15, 0.2) is 46.9 Å². The molecular formula is C24H32BrNO2. The molecule has 1 heterocycles. The minimum Gasteiger partial charge on any atom is -0.497 e. The van der Waals surface area contributed by atoms with E-state index in [0.29, 0.717) is 0 Å². The van der Waals surface area contributed by atoms with Crippen LogP contribution in [0.5, 0.6) is 11.5 Å². The van der Waals surface area contributed by atoms with Crippen molar-refractivity contribution < 1.29 is 9.47 Å². The van der Waals surface area contributed by atoms with Gasteiger partial charge in [-0.3, -0.25) is 0 Å². The molecule has 1 fully saturated rings. The Labute approximate surface area is 178 Å². The summed E-state index contributed by atoms with van der Waals surface area (Å²) < 4.78 is 12.4. The molecule has 0 radical (unpaired) electrons. The zero-order valence-corrected chi connectivity index (χ0v) is 18.9. The monoisotopic (exact) mass is 445 g/mol. The third kappa shape index (κ3) is 6.25. The third-order valence-corrected chi connectivity index (χ3v) is 6.23. The number of piperidine rings is 1. The summed E-state index contributed by atoms with van der Waals surface area (Å²) in [4.78, 5) is 2.60. The highest BCUT2D eigenvalue weighted by Crippen LogP contribution is 2.28. The molecule has 0 N–H and O–H groups in total. The first-order valence-electron chi connectivity index (χ1n) is 10.3. The van der Waals surface area contributed by atoms with Gasteiger partial charge in [-0.25, -0.2) is 0 Å². The molecule has 0 bridgehead atoms. The highest BCUT2D eigenvalue weighted by atomic mass is 79.9. The van der Waals surface area contributed by atoms with Gasteiger partial charge in [0, 0.05) is 11.0 Å². The van der Waals surface area contributed by atoms with Crippen LogP contribution in [-0.4, -0.2) is 37.7 Å². The van der Waals surface area contributed by atoms with E-state index in [2.05, 4.69) is 65.0 Å². The second-order valence-corrected chi connectivity index (χ2v) is 8.86. The van der Waals surface area contributed by atoms with Crippen LogP contribution in [0.4, 0.5) is 0 Å². The predicted octanol–water partition coefficient (Wildman–Crippen LogP) is 5.74. The molecule has 3 nitrogen and oxygen atoms in total. The normalized spacial score (nSPS) is 15.8. The third-order valence-electron chi connectivity index (χ3n) is 5.46. The van der Waals surface area contributed by atoms with Gasteiger partial charge < -0.3 is 14.4 Å². The molecular weight excluding hydrogens is 414 g/mol. The zero-order valence-electron chi connectivity index (χ0n) is 17.3. The lowest BCUT2D eigenvalue weighted by Crippen LogP contribution is -2.35. The van der Waals surface area contributed by atoms with Crippen LogP contribution in [0.2, 0.25) is 0 Å². The SMILES string of the molecule is COc1ccc(Br)c(CC2CCN(CCc3cccc(OC(C)C)c3)CC2)c1. The van der Waals surface area contributed by atoms with Gasteiger partial charge in [-0.15, -0.1) is 0 Å². The Kier molecular flexibility index (Phi) is 7.81. The minimum atomic E-state index is 0.221. The highest BCUT2D eigenvalue weighted by Gasteiger charge is 2.20. The Morgan fingerprint density at radius 2 is 1.86 bits per heavy atom. The van der Waals surface area contributed by atoms with Gasteiger partial charge in [0.05, 0.1) is 13.2 Å². The number of likely N-dealkylation sites (tertiary alicyclic amines) is 1. The molecule has 4 heteroatoms. The van der Waals surface area contributed by atoms with Crippen molar-refractivity contribution in [2.24, 2.45) is 5.92 Å². The maximum absolute atomic E-state index is 5.82. The molecule has 2 aromatic rings. The van der Waals surface area contributed by atoms with E-state index in [4.69, 9.17) is 9.47 Å². The molecule has 0 unspecified atom stereocenters. The van der Waals surface area contributed by atoms with Crippen molar-refractivity contribution in [1.29, 1.82) is 0 Å². The molecule has 0 atom stereocenters. The van der Waals surface area contributed by atoms with Gasteiger partial charge in [0.2, 0.25) is 0 Å². The Morgan fingerprint density at radius 1 is 1.07 bits per heavy atom. The van der Waals surface area contributed by atoms with Crippen molar-refractivity contribution in [3.63, 3.8) is 0 Å². The van der Waals surface area contributed by atoms with E-state index in [0.717, 1.165) is 36.8 Å². The summed E-state index contributed by atoms with van der Waals surface area (Å²) >= 11 is 3.69. The fraction of sp³-hybridized carbons (Fsp3) is 0.500. The van der Waals surface area contributed by atoms with E-state index in [-0.39, 0.29) is 6.10 Å². The smallest absolute Gasteiger partial charge is 0.119 e. The molecule has 1 aliphatic rings. The number of nitrogens with zero attached hydrogens (tertiary/aromatic N) is 1. The number of ether oxygens (including phenoxy) is 2. The fourth-order valence-corrected chi connectivity index (χ4v) is 4.30. The number of hydrogen-bond donors (Lipinski definition) is 0. The van der Waals surface area contributed by atoms with Gasteiger partial charge in [0.1, 0.15) is 11.5 Å². The second-order valence-electron chi connectivity index (χ2n) is 8.01. The van der Waals surface area contributed by atoms with Gasteiger partial charge in [-0.2, -0.15) is 0 Å². The average Bonchev–Trinajstić information content (AvgIpc) is 2.69. The first kappa shape index (κ1) is 21.2. The fourth-order valence-electron chi connectivity index (χ4n) is 3.89. The van der Waals surface area contributed by atoms with Gasteiger partial charge in [-0.05, 0) is 100.0 Å². The van der Waals surface area contributed by atoms with Crippen molar-refractivity contribution in [2.45, 2.75) is 45.6 Å². The van der Waals surface area contributed by atoms with Crippen molar-refractivity contribution in [3.8, 4) is 11.5 Å². The van der Waals surface area contributed by atoms with Crippen molar-refractivity contribution in [1.82, 2.24) is 4.90 Å². The Bertz CT molecular complexity index is 754. The van der Waals surface area contributed by atoms with Crippen LogP contribution in [0.3, 0.4) is 0 Å². The first-order valence-corrected chi connectivity index (χ1v) is 11.1. The lowest BCUT2D eigenvalue weighted by atomic mass is 9.90. The predicted molar refractivity (Wildman–Crippen MR) is 119 cm³/mol. The van der Waals surface area contributed by atoms with Crippen LogP contribution in [0.25, 0.3) is 0 Å². The minimum absolute atomic E-state index is 0.221. The quantitative estimate of drug-likeness (QED) is 0.516. The zero-order chi connectivity index (χ0) is 19.9. The van der Waals surface area contributed by atoms with Crippen LogP contribution < -0.4 is 9.47 Å². The molecule has 3 rings (SSSR count). The largest absolute Gasteiger partial charge is 0.497 e. The molecule has 0 spiro atoms. The Morgan fingerprint density at radius 3 is 2.57 bits per heavy atom. The Hall–Kier alpha value is -1.52. The lowest BCUT2D eigenvalue weighted by molar-refractivity contribution is 0.185. The molecule has 0 amide bonds. The van der Waals surface area contributed by atoms with E-state index in [1.54, 1.807) is 7.11 Å². The Balaban J connectivity index is 1.46. The maximum atomic E-state index is 5.82. The summed E-state index contributed by atoms with van der Waals surface area (Å²) in [7, 11) is 1.73. The van der Waals surface area contributed by atoms with Crippen molar-refractivity contribution >= 4 is 15.9 Å². The van der Waals surface area contributed by atoms with E-state index in [1.165, 1.54) is 41.5 Å².